The lowest BCUT2D eigenvalue weighted by Crippen LogP contribution is -2.24. The highest BCUT2D eigenvalue weighted by Crippen LogP contribution is 2.22. The van der Waals surface area contributed by atoms with Crippen molar-refractivity contribution in [2.75, 3.05) is 0 Å². The molecule has 0 aliphatic carbocycles. The minimum Gasteiger partial charge on any atom is -0.494 e. The van der Waals surface area contributed by atoms with E-state index in [1.807, 2.05) is 24.3 Å². The summed E-state index contributed by atoms with van der Waals surface area (Å²) in [6.07, 6.45) is 2.93. The molecule has 0 radical (unpaired) electrons. The van der Waals surface area contributed by atoms with E-state index in [1.54, 1.807) is 13.0 Å². The molecule has 0 aliphatic rings. The highest BCUT2D eigenvalue weighted by molar-refractivity contribution is 9.10. The molecule has 0 saturated heterocycles. The molecule has 1 aromatic carbocycles. The minimum absolute atomic E-state index is 0.0136. The van der Waals surface area contributed by atoms with Gasteiger partial charge in [0.1, 0.15) is 11.6 Å². The second-order valence-corrected chi connectivity index (χ2v) is 5.71. The van der Waals surface area contributed by atoms with Crippen molar-refractivity contribution in [3.8, 4) is 11.9 Å². The standard InChI is InChI=1S/C17H14BrN3O2/c1-3-7-21-16(22)14(9-19)11(2)15(17(21)23)10-20-13-6-4-5-12(18)8-13/h3-6,8,10,23H,1,7H2,2H3. The maximum atomic E-state index is 12.2. The molecule has 0 bridgehead atoms. The van der Waals surface area contributed by atoms with Crippen molar-refractivity contribution >= 4 is 27.8 Å². The third kappa shape index (κ3) is 3.41. The van der Waals surface area contributed by atoms with Gasteiger partial charge in [0, 0.05) is 17.2 Å². The molecule has 116 valence electrons. The molecular weight excluding hydrogens is 358 g/mol. The first-order valence-corrected chi connectivity index (χ1v) is 7.56. The lowest BCUT2D eigenvalue weighted by Gasteiger charge is -2.12. The minimum atomic E-state index is -0.540. The summed E-state index contributed by atoms with van der Waals surface area (Å²) in [6.45, 7) is 5.28. The van der Waals surface area contributed by atoms with Crippen LogP contribution in [0.5, 0.6) is 5.88 Å². The topological polar surface area (TPSA) is 78.4 Å². The Kier molecular flexibility index (Phi) is 5.14. The summed E-state index contributed by atoms with van der Waals surface area (Å²) in [6, 6.07) is 9.22. The van der Waals surface area contributed by atoms with Crippen molar-refractivity contribution in [2.24, 2.45) is 4.99 Å². The van der Waals surface area contributed by atoms with Crippen molar-refractivity contribution in [1.82, 2.24) is 4.57 Å². The molecule has 6 heteroatoms. The molecule has 1 heterocycles. The molecule has 2 rings (SSSR count). The predicted molar refractivity (Wildman–Crippen MR) is 93.4 cm³/mol. The van der Waals surface area contributed by atoms with Gasteiger partial charge in [0.2, 0.25) is 5.88 Å². The Hall–Kier alpha value is -2.65. The van der Waals surface area contributed by atoms with Gasteiger partial charge in [0.15, 0.2) is 0 Å². The molecule has 0 spiro atoms. The molecule has 0 atom stereocenters. The number of rotatable bonds is 4. The SMILES string of the molecule is C=CCn1c(O)c(C=Nc2cccc(Br)c2)c(C)c(C#N)c1=O. The second kappa shape index (κ2) is 7.07. The van der Waals surface area contributed by atoms with E-state index < -0.39 is 5.56 Å². The van der Waals surface area contributed by atoms with Crippen LogP contribution in [0.15, 0.2) is 51.2 Å². The molecule has 1 N–H and O–H groups in total. The number of pyridine rings is 1. The fraction of sp³-hybridized carbons (Fsp3) is 0.118. The second-order valence-electron chi connectivity index (χ2n) is 4.79. The monoisotopic (exact) mass is 371 g/mol. The molecule has 0 saturated carbocycles. The Balaban J connectivity index is 2.62. The summed E-state index contributed by atoms with van der Waals surface area (Å²) in [5.41, 5.74) is 0.859. The molecule has 23 heavy (non-hydrogen) atoms. The van der Waals surface area contributed by atoms with Gasteiger partial charge >= 0.3 is 0 Å². The Morgan fingerprint density at radius 2 is 2.26 bits per heavy atom. The van der Waals surface area contributed by atoms with Crippen LogP contribution in [0.3, 0.4) is 0 Å². The summed E-state index contributed by atoms with van der Waals surface area (Å²) in [4.78, 5) is 16.5. The number of aliphatic imine (C=N–C) groups is 1. The fourth-order valence-corrected chi connectivity index (χ4v) is 2.51. The van der Waals surface area contributed by atoms with Crippen LogP contribution in [0, 0.1) is 18.3 Å². The molecule has 0 aliphatic heterocycles. The first-order valence-electron chi connectivity index (χ1n) is 6.76. The van der Waals surface area contributed by atoms with E-state index in [9.17, 15) is 15.2 Å². The van der Waals surface area contributed by atoms with Gasteiger partial charge in [-0.3, -0.25) is 14.4 Å². The number of hydrogen-bond donors (Lipinski definition) is 1. The zero-order valence-corrected chi connectivity index (χ0v) is 14.0. The Labute approximate surface area is 142 Å². The number of aromatic nitrogens is 1. The summed E-state index contributed by atoms with van der Waals surface area (Å²) in [5, 5.41) is 19.5. The van der Waals surface area contributed by atoms with E-state index >= 15 is 0 Å². The van der Waals surface area contributed by atoms with Crippen LogP contribution < -0.4 is 5.56 Å². The van der Waals surface area contributed by atoms with E-state index in [0.29, 0.717) is 16.8 Å². The van der Waals surface area contributed by atoms with E-state index in [1.165, 1.54) is 12.3 Å². The van der Waals surface area contributed by atoms with Gasteiger partial charge in [-0.2, -0.15) is 5.26 Å². The largest absolute Gasteiger partial charge is 0.494 e. The summed E-state index contributed by atoms with van der Waals surface area (Å²) in [5.74, 6) is -0.231. The number of benzene rings is 1. The third-order valence-electron chi connectivity index (χ3n) is 3.31. The Morgan fingerprint density at radius 1 is 1.52 bits per heavy atom. The molecule has 0 unspecified atom stereocenters. The van der Waals surface area contributed by atoms with Crippen LogP contribution in [-0.4, -0.2) is 15.9 Å². The quantitative estimate of drug-likeness (QED) is 0.660. The van der Waals surface area contributed by atoms with Gasteiger partial charge in [-0.15, -0.1) is 6.58 Å². The van der Waals surface area contributed by atoms with Crippen molar-refractivity contribution in [3.05, 3.63) is 68.4 Å². The van der Waals surface area contributed by atoms with Gasteiger partial charge in [-0.05, 0) is 30.7 Å². The maximum Gasteiger partial charge on any atom is 0.271 e. The molecule has 0 amide bonds. The van der Waals surface area contributed by atoms with Gasteiger partial charge in [-0.25, -0.2) is 0 Å². The van der Waals surface area contributed by atoms with Crippen LogP contribution in [0.25, 0.3) is 0 Å². The molecule has 0 fully saturated rings. The first kappa shape index (κ1) is 16.7. The van der Waals surface area contributed by atoms with Crippen LogP contribution >= 0.6 is 15.9 Å². The molecule has 5 nitrogen and oxygen atoms in total. The van der Waals surface area contributed by atoms with Gasteiger partial charge in [0.25, 0.3) is 5.56 Å². The lowest BCUT2D eigenvalue weighted by molar-refractivity contribution is 0.414. The van der Waals surface area contributed by atoms with Crippen LogP contribution in [-0.2, 0) is 6.54 Å². The summed E-state index contributed by atoms with van der Waals surface area (Å²) >= 11 is 3.36. The number of halogens is 1. The third-order valence-corrected chi connectivity index (χ3v) is 3.80. The van der Waals surface area contributed by atoms with Crippen LogP contribution in [0.4, 0.5) is 5.69 Å². The Bertz CT molecular complexity index is 892. The number of hydrogen-bond acceptors (Lipinski definition) is 4. The van der Waals surface area contributed by atoms with Crippen molar-refractivity contribution in [1.29, 1.82) is 5.26 Å². The van der Waals surface area contributed by atoms with Gasteiger partial charge in [0.05, 0.1) is 11.3 Å². The average Bonchev–Trinajstić information content (AvgIpc) is 2.52. The van der Waals surface area contributed by atoms with Crippen molar-refractivity contribution in [2.45, 2.75) is 13.5 Å². The Morgan fingerprint density at radius 3 is 2.87 bits per heavy atom. The zero-order valence-electron chi connectivity index (χ0n) is 12.5. The van der Waals surface area contributed by atoms with Crippen LogP contribution in [0.2, 0.25) is 0 Å². The fourth-order valence-electron chi connectivity index (χ4n) is 2.12. The highest BCUT2D eigenvalue weighted by atomic mass is 79.9. The van der Waals surface area contributed by atoms with E-state index in [2.05, 4.69) is 27.5 Å². The van der Waals surface area contributed by atoms with Gasteiger partial charge in [-0.1, -0.05) is 28.1 Å². The number of nitrogens with zero attached hydrogens (tertiary/aromatic N) is 3. The summed E-state index contributed by atoms with van der Waals surface area (Å²) in [7, 11) is 0. The molecular formula is C17H14BrN3O2. The number of allylic oxidation sites excluding steroid dienone is 1. The zero-order chi connectivity index (χ0) is 17.0. The highest BCUT2D eigenvalue weighted by Gasteiger charge is 2.17. The van der Waals surface area contributed by atoms with Gasteiger partial charge < -0.3 is 5.11 Å². The van der Waals surface area contributed by atoms with Crippen LogP contribution in [0.1, 0.15) is 16.7 Å². The van der Waals surface area contributed by atoms with Crippen molar-refractivity contribution < 1.29 is 5.11 Å². The number of aromatic hydroxyl groups is 1. The summed E-state index contributed by atoms with van der Waals surface area (Å²) < 4.78 is 1.98. The lowest BCUT2D eigenvalue weighted by atomic mass is 10.1. The average molecular weight is 372 g/mol. The molecule has 1 aromatic heterocycles. The first-order chi connectivity index (χ1) is 11.0. The smallest absolute Gasteiger partial charge is 0.271 e. The van der Waals surface area contributed by atoms with Crippen molar-refractivity contribution in [3.63, 3.8) is 0 Å². The van der Waals surface area contributed by atoms with E-state index in [-0.39, 0.29) is 18.0 Å². The normalized spacial score (nSPS) is 10.7. The predicted octanol–water partition coefficient (Wildman–Crippen LogP) is 3.43. The van der Waals surface area contributed by atoms with E-state index in [0.717, 1.165) is 9.04 Å². The maximum absolute atomic E-state index is 12.2. The van der Waals surface area contributed by atoms with E-state index in [4.69, 9.17) is 0 Å². The number of nitriles is 1. The molecule has 2 aromatic rings.